The summed E-state index contributed by atoms with van der Waals surface area (Å²) in [5.41, 5.74) is 6.23. The van der Waals surface area contributed by atoms with Gasteiger partial charge in [-0.2, -0.15) is 4.37 Å². The van der Waals surface area contributed by atoms with Crippen molar-refractivity contribution in [2.75, 3.05) is 5.32 Å². The van der Waals surface area contributed by atoms with E-state index in [2.05, 4.69) is 35.4 Å². The second-order valence-corrected chi connectivity index (χ2v) is 6.98. The van der Waals surface area contributed by atoms with Crippen molar-refractivity contribution in [1.29, 1.82) is 0 Å². The highest BCUT2D eigenvalue weighted by Crippen LogP contribution is 2.25. The highest BCUT2D eigenvalue weighted by Gasteiger charge is 2.23. The molecular weight excluding hydrogens is 244 g/mol. The minimum absolute atomic E-state index is 0.0159. The molecule has 3 N–H and O–H groups in total. The molecule has 1 fully saturated rings. The molecule has 4 nitrogen and oxygen atoms in total. The van der Waals surface area contributed by atoms with Crippen LogP contribution in [0.3, 0.4) is 0 Å². The summed E-state index contributed by atoms with van der Waals surface area (Å²) >= 11 is 1.45. The molecule has 0 radical (unpaired) electrons. The van der Waals surface area contributed by atoms with Crippen LogP contribution in [0.25, 0.3) is 0 Å². The summed E-state index contributed by atoms with van der Waals surface area (Å²) in [5.74, 6) is 0.914. The van der Waals surface area contributed by atoms with E-state index in [0.717, 1.165) is 23.8 Å². The Hall–Kier alpha value is -0.680. The Morgan fingerprint density at radius 2 is 1.94 bits per heavy atom. The summed E-state index contributed by atoms with van der Waals surface area (Å²) in [5, 5.41) is 4.40. The van der Waals surface area contributed by atoms with Gasteiger partial charge in [0.25, 0.3) is 0 Å². The summed E-state index contributed by atoms with van der Waals surface area (Å²) in [6.07, 6.45) is 6.07. The van der Waals surface area contributed by atoms with Crippen LogP contribution >= 0.6 is 11.5 Å². The largest absolute Gasteiger partial charge is 0.356 e. The number of aromatic nitrogens is 2. The first-order chi connectivity index (χ1) is 8.47. The summed E-state index contributed by atoms with van der Waals surface area (Å²) in [7, 11) is 0. The van der Waals surface area contributed by atoms with Gasteiger partial charge in [0.15, 0.2) is 0 Å². The molecule has 2 atom stereocenters. The topological polar surface area (TPSA) is 63.8 Å². The Morgan fingerprint density at radius 1 is 1.22 bits per heavy atom. The standard InChI is InChI=1S/C13H24N4S/c1-13(2,3)11-16-12(18-17-11)15-10-8-6-4-5-7-9(10)14/h9-10H,4-8,14H2,1-3H3,(H,15,16,17). The van der Waals surface area contributed by atoms with E-state index in [9.17, 15) is 0 Å². The lowest BCUT2D eigenvalue weighted by Crippen LogP contribution is -2.39. The molecule has 2 unspecified atom stereocenters. The van der Waals surface area contributed by atoms with E-state index in [1.54, 1.807) is 0 Å². The zero-order chi connectivity index (χ0) is 13.2. The molecule has 1 aromatic heterocycles. The van der Waals surface area contributed by atoms with Crippen LogP contribution in [0.1, 0.15) is 58.7 Å². The summed E-state index contributed by atoms with van der Waals surface area (Å²) < 4.78 is 4.43. The second-order valence-electron chi connectivity index (χ2n) is 6.23. The Kier molecular flexibility index (Phi) is 4.22. The summed E-state index contributed by atoms with van der Waals surface area (Å²) in [6, 6.07) is 0.600. The van der Waals surface area contributed by atoms with Crippen molar-refractivity contribution < 1.29 is 0 Å². The average molecular weight is 268 g/mol. The fourth-order valence-electron chi connectivity index (χ4n) is 2.26. The smallest absolute Gasteiger partial charge is 0.202 e. The number of rotatable bonds is 2. The minimum Gasteiger partial charge on any atom is -0.356 e. The average Bonchev–Trinajstić information content (AvgIpc) is 2.66. The van der Waals surface area contributed by atoms with Crippen molar-refractivity contribution in [3.63, 3.8) is 0 Å². The summed E-state index contributed by atoms with van der Waals surface area (Å²) in [4.78, 5) is 4.58. The molecule has 1 saturated carbocycles. The van der Waals surface area contributed by atoms with Gasteiger partial charge in [-0.1, -0.05) is 40.0 Å². The van der Waals surface area contributed by atoms with Gasteiger partial charge in [0.1, 0.15) is 5.82 Å². The van der Waals surface area contributed by atoms with Crippen molar-refractivity contribution in [2.45, 2.75) is 70.4 Å². The maximum atomic E-state index is 6.21. The Labute approximate surface area is 114 Å². The van der Waals surface area contributed by atoms with Crippen LogP contribution in [0.5, 0.6) is 0 Å². The second kappa shape index (κ2) is 5.53. The van der Waals surface area contributed by atoms with Gasteiger partial charge in [-0.05, 0) is 12.8 Å². The normalized spacial score (nSPS) is 25.8. The molecule has 1 aromatic rings. The van der Waals surface area contributed by atoms with Crippen LogP contribution in [0, 0.1) is 0 Å². The lowest BCUT2D eigenvalue weighted by atomic mass is 9.96. The van der Waals surface area contributed by atoms with E-state index in [1.807, 2.05) is 0 Å². The van der Waals surface area contributed by atoms with Crippen molar-refractivity contribution in [2.24, 2.45) is 5.73 Å². The molecule has 0 amide bonds. The van der Waals surface area contributed by atoms with Gasteiger partial charge in [-0.25, -0.2) is 4.98 Å². The van der Waals surface area contributed by atoms with Crippen LogP contribution in [0.15, 0.2) is 0 Å². The molecule has 18 heavy (non-hydrogen) atoms. The predicted octanol–water partition coefficient (Wildman–Crippen LogP) is 2.91. The molecule has 0 aliphatic heterocycles. The molecule has 1 heterocycles. The molecule has 2 rings (SSSR count). The predicted molar refractivity (Wildman–Crippen MR) is 77.1 cm³/mol. The first kappa shape index (κ1) is 13.7. The van der Waals surface area contributed by atoms with E-state index in [1.165, 1.54) is 30.8 Å². The third-order valence-electron chi connectivity index (χ3n) is 3.48. The van der Waals surface area contributed by atoms with Gasteiger partial charge in [-0.3, -0.25) is 0 Å². The minimum atomic E-state index is 0.0159. The number of nitrogens with one attached hydrogen (secondary N) is 1. The van der Waals surface area contributed by atoms with Crippen LogP contribution in [0.4, 0.5) is 5.13 Å². The first-order valence-electron chi connectivity index (χ1n) is 6.83. The summed E-state index contributed by atoms with van der Waals surface area (Å²) in [6.45, 7) is 6.41. The van der Waals surface area contributed by atoms with Gasteiger partial charge in [0.2, 0.25) is 5.13 Å². The number of nitrogens with two attached hydrogens (primary N) is 1. The lowest BCUT2D eigenvalue weighted by molar-refractivity contribution is 0.526. The van der Waals surface area contributed by atoms with Gasteiger partial charge in [0, 0.05) is 29.0 Å². The van der Waals surface area contributed by atoms with Crippen molar-refractivity contribution in [3.05, 3.63) is 5.82 Å². The van der Waals surface area contributed by atoms with Crippen molar-refractivity contribution in [3.8, 4) is 0 Å². The molecule has 0 bridgehead atoms. The highest BCUT2D eigenvalue weighted by molar-refractivity contribution is 7.09. The van der Waals surface area contributed by atoms with Crippen LogP contribution in [-0.4, -0.2) is 21.4 Å². The SMILES string of the molecule is CC(C)(C)c1nsc(NC2CCCCCC2N)n1. The highest BCUT2D eigenvalue weighted by atomic mass is 32.1. The van der Waals surface area contributed by atoms with E-state index >= 15 is 0 Å². The Bertz CT molecular complexity index is 383. The molecule has 0 spiro atoms. The van der Waals surface area contributed by atoms with Crippen LogP contribution in [-0.2, 0) is 5.41 Å². The lowest BCUT2D eigenvalue weighted by Gasteiger charge is -2.22. The first-order valence-corrected chi connectivity index (χ1v) is 7.60. The fraction of sp³-hybridized carbons (Fsp3) is 0.846. The molecule has 1 aliphatic rings. The van der Waals surface area contributed by atoms with Crippen molar-refractivity contribution >= 4 is 16.7 Å². The molecule has 102 valence electrons. The van der Waals surface area contributed by atoms with Crippen molar-refractivity contribution in [1.82, 2.24) is 9.36 Å². The fourth-order valence-corrected chi connectivity index (χ4v) is 3.08. The van der Waals surface area contributed by atoms with E-state index < -0.39 is 0 Å². The van der Waals surface area contributed by atoms with Gasteiger partial charge in [0.05, 0.1) is 0 Å². The third kappa shape index (κ3) is 3.42. The maximum Gasteiger partial charge on any atom is 0.202 e. The molecule has 0 aromatic carbocycles. The van der Waals surface area contributed by atoms with Gasteiger partial charge >= 0.3 is 0 Å². The molecule has 5 heteroatoms. The zero-order valence-corrected chi connectivity index (χ0v) is 12.4. The van der Waals surface area contributed by atoms with E-state index in [-0.39, 0.29) is 11.5 Å². The number of hydrogen-bond donors (Lipinski definition) is 2. The van der Waals surface area contributed by atoms with E-state index in [0.29, 0.717) is 6.04 Å². The number of anilines is 1. The maximum absolute atomic E-state index is 6.21. The molecular formula is C13H24N4S. The Balaban J connectivity index is 2.02. The van der Waals surface area contributed by atoms with Crippen LogP contribution in [0.2, 0.25) is 0 Å². The monoisotopic (exact) mass is 268 g/mol. The van der Waals surface area contributed by atoms with Crippen LogP contribution < -0.4 is 11.1 Å². The van der Waals surface area contributed by atoms with Gasteiger partial charge < -0.3 is 11.1 Å². The molecule has 1 aliphatic carbocycles. The molecule has 0 saturated heterocycles. The number of nitrogens with zero attached hydrogens (tertiary/aromatic N) is 2. The zero-order valence-electron chi connectivity index (χ0n) is 11.6. The van der Waals surface area contributed by atoms with Gasteiger partial charge in [-0.15, -0.1) is 0 Å². The Morgan fingerprint density at radius 3 is 2.61 bits per heavy atom. The third-order valence-corrected chi connectivity index (χ3v) is 4.12. The number of hydrogen-bond acceptors (Lipinski definition) is 5. The van der Waals surface area contributed by atoms with E-state index in [4.69, 9.17) is 5.73 Å². The quantitative estimate of drug-likeness (QED) is 0.810.